The average Bonchev–Trinajstić information content (AvgIpc) is 2.54. The van der Waals surface area contributed by atoms with Crippen LogP contribution in [0.25, 0.3) is 0 Å². The zero-order valence-corrected chi connectivity index (χ0v) is 13.8. The third-order valence-corrected chi connectivity index (χ3v) is 3.80. The summed E-state index contributed by atoms with van der Waals surface area (Å²) in [5.41, 5.74) is -1.57. The minimum absolute atomic E-state index is 0.0792. The van der Waals surface area contributed by atoms with Crippen molar-refractivity contribution < 1.29 is 19.1 Å². The van der Waals surface area contributed by atoms with E-state index in [1.54, 1.807) is 20.8 Å². The number of likely N-dealkylation sites (tertiary alicyclic amines) is 1. The number of imide groups is 1. The number of hydrogen-bond donors (Lipinski definition) is 1. The normalized spacial score (nSPS) is 20.8. The quantitative estimate of drug-likeness (QED) is 0.587. The fourth-order valence-corrected chi connectivity index (χ4v) is 2.68. The maximum absolute atomic E-state index is 12.2. The summed E-state index contributed by atoms with van der Waals surface area (Å²) >= 11 is 0. The van der Waals surface area contributed by atoms with Crippen LogP contribution in [0.5, 0.6) is 0 Å². The maximum atomic E-state index is 12.2. The molecule has 0 saturated carbocycles. The van der Waals surface area contributed by atoms with Gasteiger partial charge in [0.05, 0.1) is 12.5 Å². The smallest absolute Gasteiger partial charge is 0.325 e. The largest absolute Gasteiger partial charge is 0.468 e. The minimum atomic E-state index is -0.920. The van der Waals surface area contributed by atoms with E-state index >= 15 is 0 Å². The summed E-state index contributed by atoms with van der Waals surface area (Å²) in [6.45, 7) is 9.33. The lowest BCUT2D eigenvalue weighted by atomic mass is 9.92. The number of nitrogens with one attached hydrogen (secondary N) is 1. The average molecular weight is 298 g/mol. The van der Waals surface area contributed by atoms with Crippen LogP contribution in [0.3, 0.4) is 0 Å². The predicted octanol–water partition coefficient (Wildman–Crippen LogP) is 1.09. The molecule has 6 heteroatoms. The van der Waals surface area contributed by atoms with Gasteiger partial charge in [-0.05, 0) is 27.2 Å². The Morgan fingerprint density at radius 3 is 2.38 bits per heavy atom. The topological polar surface area (TPSA) is 75.7 Å². The summed E-state index contributed by atoms with van der Waals surface area (Å²) in [6.07, 6.45) is 0.545. The Kier molecular flexibility index (Phi) is 5.15. The van der Waals surface area contributed by atoms with Gasteiger partial charge in [-0.1, -0.05) is 13.8 Å². The van der Waals surface area contributed by atoms with Crippen LogP contribution in [0.4, 0.5) is 0 Å². The first kappa shape index (κ1) is 17.6. The van der Waals surface area contributed by atoms with Gasteiger partial charge in [-0.25, -0.2) is 0 Å². The summed E-state index contributed by atoms with van der Waals surface area (Å²) < 4.78 is 4.84. The molecule has 0 aromatic carbocycles. The number of methoxy groups -OCH3 is 1. The van der Waals surface area contributed by atoms with Crippen LogP contribution in [-0.4, -0.2) is 47.9 Å². The molecule has 1 heterocycles. The highest BCUT2D eigenvalue weighted by Crippen LogP contribution is 2.32. The number of ether oxygens (including phenoxy) is 1. The van der Waals surface area contributed by atoms with Crippen LogP contribution < -0.4 is 5.32 Å². The minimum Gasteiger partial charge on any atom is -0.468 e. The molecule has 1 N–H and O–H groups in total. The Bertz CT molecular complexity index is 445. The van der Waals surface area contributed by atoms with Crippen LogP contribution in [0.15, 0.2) is 0 Å². The van der Waals surface area contributed by atoms with Crippen molar-refractivity contribution in [2.75, 3.05) is 13.7 Å². The number of carbonyl (C=O) groups excluding carboxylic acids is 3. The van der Waals surface area contributed by atoms with Gasteiger partial charge in [0.25, 0.3) is 0 Å². The van der Waals surface area contributed by atoms with Crippen molar-refractivity contribution in [2.45, 2.75) is 59.0 Å². The standard InChI is InChI=1S/C15H26N2O4/c1-10(2)16-15(5,13(20)21-6)7-8-17-11(18)9-14(3,4)12(17)19/h10,16H,7-9H2,1-6H3. The van der Waals surface area contributed by atoms with Gasteiger partial charge >= 0.3 is 5.97 Å². The second-order valence-electron chi connectivity index (χ2n) is 6.78. The van der Waals surface area contributed by atoms with E-state index in [1.807, 2.05) is 13.8 Å². The SMILES string of the molecule is COC(=O)C(C)(CCN1C(=O)CC(C)(C)C1=O)NC(C)C. The van der Waals surface area contributed by atoms with Crippen molar-refractivity contribution in [1.82, 2.24) is 10.2 Å². The van der Waals surface area contributed by atoms with E-state index in [0.717, 1.165) is 0 Å². The fourth-order valence-electron chi connectivity index (χ4n) is 2.68. The zero-order chi connectivity index (χ0) is 16.4. The highest BCUT2D eigenvalue weighted by molar-refractivity contribution is 6.05. The molecule has 1 atom stereocenters. The van der Waals surface area contributed by atoms with Crippen LogP contribution in [0, 0.1) is 5.41 Å². The first-order chi connectivity index (χ1) is 9.53. The first-order valence-corrected chi connectivity index (χ1v) is 7.24. The molecule has 0 spiro atoms. The summed E-state index contributed by atoms with van der Waals surface area (Å²) in [5, 5.41) is 3.16. The maximum Gasteiger partial charge on any atom is 0.325 e. The van der Waals surface area contributed by atoms with E-state index in [2.05, 4.69) is 5.32 Å². The lowest BCUT2D eigenvalue weighted by Crippen LogP contribution is -2.54. The van der Waals surface area contributed by atoms with Crippen LogP contribution in [-0.2, 0) is 19.1 Å². The Labute approximate surface area is 126 Å². The zero-order valence-electron chi connectivity index (χ0n) is 13.8. The predicted molar refractivity (Wildman–Crippen MR) is 78.4 cm³/mol. The summed E-state index contributed by atoms with van der Waals surface area (Å²) in [5.74, 6) is -0.749. The number of rotatable bonds is 6. The van der Waals surface area contributed by atoms with E-state index in [1.165, 1.54) is 12.0 Å². The highest BCUT2D eigenvalue weighted by Gasteiger charge is 2.46. The molecule has 0 aliphatic carbocycles. The molecule has 1 unspecified atom stereocenters. The molecule has 0 aromatic rings. The molecule has 0 bridgehead atoms. The van der Waals surface area contributed by atoms with Crippen LogP contribution in [0.1, 0.15) is 47.5 Å². The van der Waals surface area contributed by atoms with Gasteiger partial charge in [0.1, 0.15) is 5.54 Å². The van der Waals surface area contributed by atoms with E-state index in [-0.39, 0.29) is 30.8 Å². The van der Waals surface area contributed by atoms with E-state index in [9.17, 15) is 14.4 Å². The van der Waals surface area contributed by atoms with Gasteiger partial charge in [-0.2, -0.15) is 0 Å². The first-order valence-electron chi connectivity index (χ1n) is 7.24. The Morgan fingerprint density at radius 1 is 1.43 bits per heavy atom. The van der Waals surface area contributed by atoms with Gasteiger partial charge in [0.2, 0.25) is 11.8 Å². The summed E-state index contributed by atoms with van der Waals surface area (Å²) in [4.78, 5) is 37.4. The molecule has 120 valence electrons. The summed E-state index contributed by atoms with van der Waals surface area (Å²) in [6, 6.07) is 0.0792. The van der Waals surface area contributed by atoms with Crippen LogP contribution in [0.2, 0.25) is 0 Å². The van der Waals surface area contributed by atoms with Crippen molar-refractivity contribution in [2.24, 2.45) is 5.41 Å². The molecule has 0 radical (unpaired) electrons. The van der Waals surface area contributed by atoms with Crippen LogP contribution >= 0.6 is 0 Å². The molecule has 2 amide bonds. The van der Waals surface area contributed by atoms with Gasteiger partial charge in [0, 0.05) is 19.0 Å². The number of carbonyl (C=O) groups is 3. The molecule has 1 rings (SSSR count). The number of esters is 1. The molecule has 0 aromatic heterocycles. The Hall–Kier alpha value is -1.43. The third-order valence-electron chi connectivity index (χ3n) is 3.80. The second kappa shape index (κ2) is 6.13. The van der Waals surface area contributed by atoms with Gasteiger partial charge in [0.15, 0.2) is 0 Å². The molecule has 1 fully saturated rings. The fraction of sp³-hybridized carbons (Fsp3) is 0.800. The van der Waals surface area contributed by atoms with Crippen molar-refractivity contribution in [3.63, 3.8) is 0 Å². The molecular weight excluding hydrogens is 272 g/mol. The number of amides is 2. The van der Waals surface area contributed by atoms with Crippen molar-refractivity contribution in [1.29, 1.82) is 0 Å². The molecule has 1 saturated heterocycles. The molecular formula is C15H26N2O4. The summed E-state index contributed by atoms with van der Waals surface area (Å²) in [7, 11) is 1.33. The van der Waals surface area contributed by atoms with E-state index in [4.69, 9.17) is 4.74 Å². The lowest BCUT2D eigenvalue weighted by Gasteiger charge is -2.31. The molecule has 1 aliphatic rings. The van der Waals surface area contributed by atoms with Crippen molar-refractivity contribution in [3.05, 3.63) is 0 Å². The molecule has 21 heavy (non-hydrogen) atoms. The highest BCUT2D eigenvalue weighted by atomic mass is 16.5. The van der Waals surface area contributed by atoms with Crippen molar-refractivity contribution in [3.8, 4) is 0 Å². The van der Waals surface area contributed by atoms with Crippen molar-refractivity contribution >= 4 is 17.8 Å². The van der Waals surface area contributed by atoms with Gasteiger partial charge in [-0.3, -0.25) is 24.6 Å². The third kappa shape index (κ3) is 3.81. The molecule has 6 nitrogen and oxygen atoms in total. The number of nitrogens with zero attached hydrogens (tertiary/aromatic N) is 1. The Balaban J connectivity index is 2.81. The molecule has 1 aliphatic heterocycles. The monoisotopic (exact) mass is 298 g/mol. The lowest BCUT2D eigenvalue weighted by molar-refractivity contribution is -0.150. The van der Waals surface area contributed by atoms with E-state index < -0.39 is 16.9 Å². The number of hydrogen-bond acceptors (Lipinski definition) is 5. The van der Waals surface area contributed by atoms with Gasteiger partial charge < -0.3 is 4.74 Å². The van der Waals surface area contributed by atoms with Gasteiger partial charge in [-0.15, -0.1) is 0 Å². The Morgan fingerprint density at radius 2 is 2.00 bits per heavy atom. The van der Waals surface area contributed by atoms with E-state index in [0.29, 0.717) is 6.42 Å². The second-order valence-corrected chi connectivity index (χ2v) is 6.78.